The molecule has 0 aromatic heterocycles. The Kier molecular flexibility index (Phi) is 16.0. The molecule has 0 N–H and O–H groups in total. The fourth-order valence-corrected chi connectivity index (χ4v) is 0. The molecule has 0 radical (unpaired) electrons. The molecule has 22 valence electrons. The Morgan fingerprint density at radius 3 is 2.00 bits per heavy atom. The average molecular weight is 78.0 g/mol. The Bertz CT molecular complexity index is 27.9. The molecule has 0 amide bonds. The topological polar surface area (TPSA) is 17.1 Å². The van der Waals surface area contributed by atoms with Gasteiger partial charge in [-0.25, -0.2) is 12.7 Å². The van der Waals surface area contributed by atoms with Gasteiger partial charge in [0.2, 0.25) is 0 Å². The van der Waals surface area contributed by atoms with Crippen LogP contribution in [0.15, 0.2) is 12.7 Å². The standard InChI is InChI=1S/C3H3O.Na/c1-2-3-4;/h2H,1H2;/q-1;+1. The van der Waals surface area contributed by atoms with E-state index in [-0.39, 0.29) is 29.6 Å². The van der Waals surface area contributed by atoms with E-state index < -0.39 is 0 Å². The zero-order chi connectivity index (χ0) is 3.41. The minimum absolute atomic E-state index is 0. The average Bonchev–Trinajstić information content (AvgIpc) is 1.37. The Labute approximate surface area is 53.4 Å². The third-order valence-corrected chi connectivity index (χ3v) is 0.0833. The summed E-state index contributed by atoms with van der Waals surface area (Å²) in [7, 11) is 0. The van der Waals surface area contributed by atoms with E-state index in [1.165, 1.54) is 6.29 Å². The van der Waals surface area contributed by atoms with Crippen molar-refractivity contribution in [3.05, 3.63) is 12.7 Å². The fourth-order valence-electron chi connectivity index (χ4n) is 0. The molecule has 0 aliphatic heterocycles. The van der Waals surface area contributed by atoms with E-state index in [0.29, 0.717) is 0 Å². The van der Waals surface area contributed by atoms with Gasteiger partial charge < -0.3 is 4.79 Å². The van der Waals surface area contributed by atoms with Crippen molar-refractivity contribution in [2.75, 3.05) is 0 Å². The summed E-state index contributed by atoms with van der Waals surface area (Å²) in [5, 5.41) is 0. The summed E-state index contributed by atoms with van der Waals surface area (Å²) in [6, 6.07) is 0. The van der Waals surface area contributed by atoms with Gasteiger partial charge in [0.25, 0.3) is 0 Å². The van der Waals surface area contributed by atoms with E-state index in [1.807, 2.05) is 0 Å². The maximum atomic E-state index is 8.93. The van der Waals surface area contributed by atoms with Gasteiger partial charge in [0.15, 0.2) is 0 Å². The van der Waals surface area contributed by atoms with Crippen LogP contribution in [-0.4, -0.2) is 6.29 Å². The largest absolute Gasteiger partial charge is 1.00 e. The van der Waals surface area contributed by atoms with Gasteiger partial charge in [0.05, 0.1) is 0 Å². The molecule has 0 unspecified atom stereocenters. The van der Waals surface area contributed by atoms with Gasteiger partial charge in [-0.2, -0.15) is 0 Å². The first-order chi connectivity index (χ1) is 1.91. The Morgan fingerprint density at radius 2 is 2.00 bits per heavy atom. The number of carbonyl (C=O) groups excluding carboxylic acids is 1. The van der Waals surface area contributed by atoms with Crippen molar-refractivity contribution < 1.29 is 34.4 Å². The van der Waals surface area contributed by atoms with Gasteiger partial charge in [0, 0.05) is 0 Å². The van der Waals surface area contributed by atoms with Crippen molar-refractivity contribution in [2.24, 2.45) is 0 Å². The second kappa shape index (κ2) is 8.83. The molecule has 0 rings (SSSR count). The van der Waals surface area contributed by atoms with E-state index in [9.17, 15) is 0 Å². The zero-order valence-corrected chi connectivity index (χ0v) is 5.19. The van der Waals surface area contributed by atoms with Crippen molar-refractivity contribution in [1.82, 2.24) is 0 Å². The molecule has 0 heterocycles. The van der Waals surface area contributed by atoms with E-state index >= 15 is 0 Å². The van der Waals surface area contributed by atoms with Crippen molar-refractivity contribution in [1.29, 1.82) is 0 Å². The predicted molar refractivity (Wildman–Crippen MR) is 15.9 cm³/mol. The molecule has 0 spiro atoms. The van der Waals surface area contributed by atoms with Gasteiger partial charge in [-0.15, -0.1) is 0 Å². The third-order valence-electron chi connectivity index (χ3n) is 0.0833. The van der Waals surface area contributed by atoms with E-state index in [1.54, 1.807) is 0 Å². The molecule has 5 heavy (non-hydrogen) atoms. The molecule has 1 nitrogen and oxygen atoms in total. The van der Waals surface area contributed by atoms with Crippen molar-refractivity contribution in [3.8, 4) is 0 Å². The third kappa shape index (κ3) is 12.9. The summed E-state index contributed by atoms with van der Waals surface area (Å²) < 4.78 is 0. The first kappa shape index (κ1) is 9.05. The van der Waals surface area contributed by atoms with Crippen molar-refractivity contribution in [3.63, 3.8) is 0 Å². The van der Waals surface area contributed by atoms with Crippen molar-refractivity contribution >= 4 is 6.29 Å². The maximum Gasteiger partial charge on any atom is 1.00 e. The van der Waals surface area contributed by atoms with Crippen LogP contribution in [0.5, 0.6) is 0 Å². The molecule has 0 saturated heterocycles. The summed E-state index contributed by atoms with van der Waals surface area (Å²) >= 11 is 0. The summed E-state index contributed by atoms with van der Waals surface area (Å²) in [5.41, 5.74) is 0. The first-order valence-corrected chi connectivity index (χ1v) is 0.901. The van der Waals surface area contributed by atoms with Crippen LogP contribution in [0.2, 0.25) is 0 Å². The van der Waals surface area contributed by atoms with Crippen LogP contribution >= 0.6 is 0 Å². The summed E-state index contributed by atoms with van der Waals surface area (Å²) in [4.78, 5) is 8.93. The number of allylic oxidation sites excluding steroid dienone is 1. The SMILES string of the molecule is C=C[C-]=O.[Na+]. The Balaban J connectivity index is 0. The van der Waals surface area contributed by atoms with Crippen LogP contribution in [0, 0.1) is 0 Å². The molecule has 0 aromatic carbocycles. The normalized spacial score (nSPS) is 4.00. The van der Waals surface area contributed by atoms with Crippen LogP contribution in [0.1, 0.15) is 0 Å². The van der Waals surface area contributed by atoms with Gasteiger partial charge in [-0.1, -0.05) is 0 Å². The first-order valence-electron chi connectivity index (χ1n) is 0.901. The van der Waals surface area contributed by atoms with Gasteiger partial charge in [0.1, 0.15) is 0 Å². The molecule has 0 bridgehead atoms. The molecule has 0 fully saturated rings. The fraction of sp³-hybridized carbons (Fsp3) is 0. The number of hydrogen-bond donors (Lipinski definition) is 0. The minimum atomic E-state index is 0. The summed E-state index contributed by atoms with van der Waals surface area (Å²) in [6.45, 7) is 3.06. The van der Waals surface area contributed by atoms with E-state index in [4.69, 9.17) is 4.79 Å². The van der Waals surface area contributed by atoms with E-state index in [0.717, 1.165) is 6.08 Å². The smallest absolute Gasteiger partial charge is 0.419 e. The number of rotatable bonds is 1. The van der Waals surface area contributed by atoms with Crippen LogP contribution < -0.4 is 29.6 Å². The molecular formula is C3H3NaO. The Hall–Kier alpha value is 0.410. The Morgan fingerprint density at radius 1 is 1.80 bits per heavy atom. The monoisotopic (exact) mass is 78.0 g/mol. The van der Waals surface area contributed by atoms with Crippen LogP contribution in [0.25, 0.3) is 0 Å². The molecule has 0 aromatic rings. The molecule has 0 atom stereocenters. The zero-order valence-electron chi connectivity index (χ0n) is 3.19. The maximum absolute atomic E-state index is 8.93. The number of hydrogen-bond acceptors (Lipinski definition) is 1. The van der Waals surface area contributed by atoms with Crippen LogP contribution in [0.3, 0.4) is 0 Å². The minimum Gasteiger partial charge on any atom is -0.419 e. The molecular weight excluding hydrogens is 75.0 g/mol. The van der Waals surface area contributed by atoms with E-state index in [2.05, 4.69) is 6.58 Å². The van der Waals surface area contributed by atoms with Gasteiger partial charge in [-0.05, 0) is 6.29 Å². The summed E-state index contributed by atoms with van der Waals surface area (Å²) in [5.74, 6) is 0. The van der Waals surface area contributed by atoms with Gasteiger partial charge in [-0.3, -0.25) is 0 Å². The van der Waals surface area contributed by atoms with Crippen LogP contribution in [0.4, 0.5) is 0 Å². The molecule has 0 saturated carbocycles. The second-order valence-corrected chi connectivity index (χ2v) is 0.322. The molecule has 0 aliphatic rings. The molecule has 0 aliphatic carbocycles. The second-order valence-electron chi connectivity index (χ2n) is 0.322. The van der Waals surface area contributed by atoms with Crippen LogP contribution in [-0.2, 0) is 4.79 Å². The quantitative estimate of drug-likeness (QED) is 0.189. The summed E-state index contributed by atoms with van der Waals surface area (Å²) in [6.07, 6.45) is 2.51. The van der Waals surface area contributed by atoms with Crippen molar-refractivity contribution in [2.45, 2.75) is 0 Å². The molecule has 2 heteroatoms. The predicted octanol–water partition coefficient (Wildman–Crippen LogP) is -2.71. The van der Waals surface area contributed by atoms with Gasteiger partial charge >= 0.3 is 29.6 Å².